The maximum atomic E-state index is 13.0. The number of halogens is 1. The minimum absolute atomic E-state index is 0.0226. The summed E-state index contributed by atoms with van der Waals surface area (Å²) in [7, 11) is 0. The van der Waals surface area contributed by atoms with Gasteiger partial charge in [-0.1, -0.05) is 41.9 Å². The van der Waals surface area contributed by atoms with Crippen molar-refractivity contribution in [2.75, 3.05) is 6.54 Å². The summed E-state index contributed by atoms with van der Waals surface area (Å²) in [5, 5.41) is 4.71. The Hall–Kier alpha value is -2.79. The summed E-state index contributed by atoms with van der Waals surface area (Å²) >= 11 is 6.05. The molecule has 2 amide bonds. The molecule has 2 fully saturated rings. The van der Waals surface area contributed by atoms with Gasteiger partial charge < -0.3 is 15.2 Å². The Bertz CT molecular complexity index is 1070. The zero-order valence-corrected chi connectivity index (χ0v) is 16.0. The molecule has 1 aromatic heterocycles. The Morgan fingerprint density at radius 1 is 1.07 bits per heavy atom. The van der Waals surface area contributed by atoms with E-state index in [2.05, 4.69) is 10.3 Å². The number of hydrogen-bond donors (Lipinski definition) is 2. The highest BCUT2D eigenvalue weighted by Crippen LogP contribution is 2.33. The smallest absolute Gasteiger partial charge is 0.246 e. The molecule has 0 spiro atoms. The number of piperazine rings is 1. The number of nitrogens with one attached hydrogen (secondary N) is 2. The number of benzene rings is 2. The molecule has 3 aromatic rings. The average Bonchev–Trinajstić information content (AvgIpc) is 3.33. The van der Waals surface area contributed by atoms with Crippen LogP contribution < -0.4 is 5.32 Å². The van der Waals surface area contributed by atoms with Crippen molar-refractivity contribution in [3.05, 3.63) is 59.1 Å². The molecule has 0 bridgehead atoms. The van der Waals surface area contributed by atoms with Crippen LogP contribution in [0.25, 0.3) is 22.2 Å². The molecule has 3 heterocycles. The van der Waals surface area contributed by atoms with Crippen LogP contribution in [0.5, 0.6) is 0 Å². The second-order valence-electron chi connectivity index (χ2n) is 7.49. The molecule has 2 N–H and O–H groups in total. The largest absolute Gasteiger partial charge is 0.354 e. The van der Waals surface area contributed by atoms with E-state index < -0.39 is 6.04 Å². The van der Waals surface area contributed by atoms with E-state index >= 15 is 0 Å². The molecular weight excluding hydrogens is 374 g/mol. The summed E-state index contributed by atoms with van der Waals surface area (Å²) in [4.78, 5) is 30.7. The van der Waals surface area contributed by atoms with Crippen molar-refractivity contribution in [2.45, 2.75) is 31.3 Å². The minimum atomic E-state index is -0.535. The fourth-order valence-electron chi connectivity index (χ4n) is 4.45. The molecule has 2 saturated heterocycles. The minimum Gasteiger partial charge on any atom is -0.354 e. The van der Waals surface area contributed by atoms with E-state index in [0.717, 1.165) is 40.6 Å². The molecule has 6 heteroatoms. The molecule has 5 nitrogen and oxygen atoms in total. The van der Waals surface area contributed by atoms with E-state index in [0.29, 0.717) is 18.0 Å². The summed E-state index contributed by atoms with van der Waals surface area (Å²) in [6, 6.07) is 14.9. The second-order valence-corrected chi connectivity index (χ2v) is 7.92. The third-order valence-electron chi connectivity index (χ3n) is 5.81. The van der Waals surface area contributed by atoms with Crippen molar-refractivity contribution in [3.8, 4) is 11.3 Å². The van der Waals surface area contributed by atoms with Crippen LogP contribution in [-0.2, 0) is 16.0 Å². The van der Waals surface area contributed by atoms with Crippen LogP contribution in [0.3, 0.4) is 0 Å². The predicted octanol–water partition coefficient (Wildman–Crippen LogP) is 3.52. The lowest BCUT2D eigenvalue weighted by Gasteiger charge is -2.34. The molecule has 0 radical (unpaired) electrons. The zero-order valence-electron chi connectivity index (χ0n) is 15.2. The van der Waals surface area contributed by atoms with Crippen LogP contribution in [0.2, 0.25) is 5.02 Å². The van der Waals surface area contributed by atoms with Crippen molar-refractivity contribution in [2.24, 2.45) is 0 Å². The van der Waals surface area contributed by atoms with Gasteiger partial charge in [-0.25, -0.2) is 0 Å². The number of hydrogen-bond acceptors (Lipinski definition) is 2. The summed E-state index contributed by atoms with van der Waals surface area (Å²) in [5.41, 5.74) is 4.01. The van der Waals surface area contributed by atoms with E-state index in [1.165, 1.54) is 0 Å². The van der Waals surface area contributed by atoms with Crippen molar-refractivity contribution in [1.29, 1.82) is 0 Å². The molecule has 142 valence electrons. The van der Waals surface area contributed by atoms with Gasteiger partial charge in [0.2, 0.25) is 11.8 Å². The number of aromatic nitrogens is 1. The fraction of sp³-hybridized carbons (Fsp3) is 0.273. The van der Waals surface area contributed by atoms with Crippen LogP contribution in [0.4, 0.5) is 0 Å². The third-order valence-corrected chi connectivity index (χ3v) is 6.06. The summed E-state index contributed by atoms with van der Waals surface area (Å²) in [6.45, 7) is 0.672. The van der Waals surface area contributed by atoms with Gasteiger partial charge in [-0.2, -0.15) is 0 Å². The van der Waals surface area contributed by atoms with Crippen molar-refractivity contribution >= 4 is 34.3 Å². The normalized spacial score (nSPS) is 21.8. The lowest BCUT2D eigenvalue weighted by molar-refractivity contribution is -0.146. The highest BCUT2D eigenvalue weighted by molar-refractivity contribution is 6.30. The SMILES string of the molecule is O=C1N[C@@H](Cc2c(-c3ccc(Cl)cc3)[nH]c3ccccc23)C(=O)N2CCC[C@H]12. The summed E-state index contributed by atoms with van der Waals surface area (Å²) in [6.07, 6.45) is 2.10. The highest BCUT2D eigenvalue weighted by atomic mass is 35.5. The van der Waals surface area contributed by atoms with E-state index in [-0.39, 0.29) is 17.9 Å². The van der Waals surface area contributed by atoms with Crippen LogP contribution >= 0.6 is 11.6 Å². The highest BCUT2D eigenvalue weighted by Gasteiger charge is 2.43. The van der Waals surface area contributed by atoms with Gasteiger partial charge in [0.25, 0.3) is 0 Å². The monoisotopic (exact) mass is 393 g/mol. The van der Waals surface area contributed by atoms with Crippen molar-refractivity contribution < 1.29 is 9.59 Å². The number of aromatic amines is 1. The molecule has 2 aliphatic rings. The first-order valence-electron chi connectivity index (χ1n) is 9.58. The number of amides is 2. The maximum Gasteiger partial charge on any atom is 0.246 e. The first-order chi connectivity index (χ1) is 13.6. The number of fused-ring (bicyclic) bond motifs is 2. The van der Waals surface area contributed by atoms with E-state index in [4.69, 9.17) is 11.6 Å². The van der Waals surface area contributed by atoms with E-state index in [1.807, 2.05) is 48.5 Å². The number of para-hydroxylation sites is 1. The lowest BCUT2D eigenvalue weighted by atomic mass is 9.96. The Kier molecular flexibility index (Phi) is 4.13. The number of rotatable bonds is 3. The standard InChI is InChI=1S/C22H20ClN3O2/c23-14-9-7-13(8-10-14)20-16(15-4-1-2-5-17(15)24-20)12-18-22(28)26-11-3-6-19(26)21(27)25-18/h1-2,4-5,7-10,18-19,24H,3,6,11-12H2,(H,25,27)/t18-,19+/m0/s1. The van der Waals surface area contributed by atoms with Gasteiger partial charge in [0, 0.05) is 34.6 Å². The van der Waals surface area contributed by atoms with Gasteiger partial charge in [-0.15, -0.1) is 0 Å². The Morgan fingerprint density at radius 2 is 1.86 bits per heavy atom. The maximum absolute atomic E-state index is 13.0. The molecule has 5 rings (SSSR count). The molecule has 0 unspecified atom stereocenters. The Labute approximate surface area is 167 Å². The van der Waals surface area contributed by atoms with Crippen LogP contribution in [0.15, 0.2) is 48.5 Å². The first kappa shape index (κ1) is 17.3. The first-order valence-corrected chi connectivity index (χ1v) is 9.96. The number of nitrogens with zero attached hydrogens (tertiary/aromatic N) is 1. The van der Waals surface area contributed by atoms with Gasteiger partial charge in [-0.05, 0) is 42.2 Å². The second kappa shape index (κ2) is 6.67. The quantitative estimate of drug-likeness (QED) is 0.715. The Morgan fingerprint density at radius 3 is 2.68 bits per heavy atom. The van der Waals surface area contributed by atoms with Gasteiger partial charge >= 0.3 is 0 Å². The van der Waals surface area contributed by atoms with E-state index in [9.17, 15) is 9.59 Å². The predicted molar refractivity (Wildman–Crippen MR) is 109 cm³/mol. The third kappa shape index (κ3) is 2.78. The number of carbonyl (C=O) groups excluding carboxylic acids is 2. The van der Waals surface area contributed by atoms with Gasteiger partial charge in [0.05, 0.1) is 0 Å². The van der Waals surface area contributed by atoms with Gasteiger partial charge in [0.15, 0.2) is 0 Å². The van der Waals surface area contributed by atoms with Crippen LogP contribution in [0.1, 0.15) is 18.4 Å². The molecule has 28 heavy (non-hydrogen) atoms. The van der Waals surface area contributed by atoms with Crippen LogP contribution in [-0.4, -0.2) is 40.3 Å². The van der Waals surface area contributed by atoms with Gasteiger partial charge in [0.1, 0.15) is 12.1 Å². The lowest BCUT2D eigenvalue weighted by Crippen LogP contribution is -2.61. The molecule has 2 aromatic carbocycles. The van der Waals surface area contributed by atoms with Gasteiger partial charge in [-0.3, -0.25) is 9.59 Å². The van der Waals surface area contributed by atoms with Crippen LogP contribution in [0, 0.1) is 0 Å². The average molecular weight is 394 g/mol. The molecule has 0 saturated carbocycles. The fourth-order valence-corrected chi connectivity index (χ4v) is 4.58. The molecule has 2 atom stereocenters. The topological polar surface area (TPSA) is 65.2 Å². The Balaban J connectivity index is 1.56. The van der Waals surface area contributed by atoms with E-state index in [1.54, 1.807) is 4.90 Å². The van der Waals surface area contributed by atoms with Crippen molar-refractivity contribution in [1.82, 2.24) is 15.2 Å². The zero-order chi connectivity index (χ0) is 19.3. The number of H-pyrrole nitrogens is 1. The summed E-state index contributed by atoms with van der Waals surface area (Å²) < 4.78 is 0. The van der Waals surface area contributed by atoms with Crippen molar-refractivity contribution in [3.63, 3.8) is 0 Å². The molecular formula is C22H20ClN3O2. The molecule has 2 aliphatic heterocycles. The molecule has 0 aliphatic carbocycles. The summed E-state index contributed by atoms with van der Waals surface area (Å²) in [5.74, 6) is -0.00979. The number of carbonyl (C=O) groups is 2.